The summed E-state index contributed by atoms with van der Waals surface area (Å²) in [5.41, 5.74) is 2.02. The van der Waals surface area contributed by atoms with Crippen molar-refractivity contribution in [2.24, 2.45) is 0 Å². The highest BCUT2D eigenvalue weighted by Crippen LogP contribution is 2.38. The third-order valence-corrected chi connectivity index (χ3v) is 6.62. The van der Waals surface area contributed by atoms with Gasteiger partial charge in [0.15, 0.2) is 0 Å². The molecule has 0 amide bonds. The van der Waals surface area contributed by atoms with Crippen LogP contribution in [0.15, 0.2) is 42.5 Å². The maximum absolute atomic E-state index is 13.0. The quantitative estimate of drug-likeness (QED) is 0.513. The van der Waals surface area contributed by atoms with Crippen molar-refractivity contribution in [3.8, 4) is 5.75 Å². The highest BCUT2D eigenvalue weighted by atomic mass is 35.5. The van der Waals surface area contributed by atoms with E-state index in [4.69, 9.17) is 21.1 Å². The molecule has 3 nitrogen and oxygen atoms in total. The molecule has 2 aromatic rings. The molecule has 2 aliphatic rings. The highest BCUT2D eigenvalue weighted by molar-refractivity contribution is 6.30. The van der Waals surface area contributed by atoms with Crippen LogP contribution in [-0.2, 0) is 17.8 Å². The van der Waals surface area contributed by atoms with Crippen LogP contribution in [0.5, 0.6) is 5.75 Å². The fourth-order valence-electron chi connectivity index (χ4n) is 4.43. The first-order valence-corrected chi connectivity index (χ1v) is 11.0. The van der Waals surface area contributed by atoms with E-state index in [2.05, 4.69) is 11.8 Å². The van der Waals surface area contributed by atoms with Crippen molar-refractivity contribution in [2.75, 3.05) is 19.6 Å². The summed E-state index contributed by atoms with van der Waals surface area (Å²) in [4.78, 5) is 2.53. The number of nitrogens with zero attached hydrogens (tertiary/aromatic N) is 1. The lowest BCUT2D eigenvalue weighted by molar-refractivity contribution is -0.136. The molecule has 4 rings (SSSR count). The number of piperidine rings is 1. The van der Waals surface area contributed by atoms with Crippen molar-refractivity contribution in [3.05, 3.63) is 64.4 Å². The molecule has 1 atom stereocenters. The second-order valence-electron chi connectivity index (χ2n) is 8.29. The molecule has 0 saturated carbocycles. The molecule has 2 aromatic carbocycles. The zero-order valence-corrected chi connectivity index (χ0v) is 19.0. The van der Waals surface area contributed by atoms with Crippen molar-refractivity contribution < 1.29 is 13.9 Å². The van der Waals surface area contributed by atoms with Gasteiger partial charge in [-0.1, -0.05) is 23.7 Å². The van der Waals surface area contributed by atoms with Gasteiger partial charge in [-0.15, -0.1) is 12.4 Å². The average Bonchev–Trinajstić information content (AvgIpc) is 2.85. The van der Waals surface area contributed by atoms with Crippen LogP contribution < -0.4 is 4.74 Å². The van der Waals surface area contributed by atoms with Crippen LogP contribution in [0.2, 0.25) is 5.02 Å². The van der Waals surface area contributed by atoms with Crippen LogP contribution in [0.1, 0.15) is 43.7 Å². The molecule has 1 saturated heterocycles. The van der Waals surface area contributed by atoms with E-state index in [1.807, 2.05) is 30.3 Å². The molecule has 0 aromatic heterocycles. The van der Waals surface area contributed by atoms with Gasteiger partial charge in [0.2, 0.25) is 0 Å². The van der Waals surface area contributed by atoms with E-state index in [-0.39, 0.29) is 29.9 Å². The molecule has 0 radical (unpaired) electrons. The summed E-state index contributed by atoms with van der Waals surface area (Å²) in [6.07, 6.45) is 5.26. The van der Waals surface area contributed by atoms with Gasteiger partial charge in [0.05, 0.1) is 6.61 Å². The van der Waals surface area contributed by atoms with Crippen LogP contribution in [0.25, 0.3) is 0 Å². The van der Waals surface area contributed by atoms with Crippen LogP contribution in [-0.4, -0.2) is 36.2 Å². The number of ether oxygens (including phenoxy) is 2. The molecule has 1 fully saturated rings. The van der Waals surface area contributed by atoms with Gasteiger partial charge in [-0.3, -0.25) is 0 Å². The maximum atomic E-state index is 13.0. The second-order valence-corrected chi connectivity index (χ2v) is 8.73. The number of likely N-dealkylation sites (tertiary alicyclic amines) is 1. The Morgan fingerprint density at radius 1 is 1.10 bits per heavy atom. The Bertz CT molecular complexity index is 822. The molecule has 0 bridgehead atoms. The van der Waals surface area contributed by atoms with E-state index in [1.54, 1.807) is 12.1 Å². The minimum Gasteiger partial charge on any atom is -0.487 e. The first-order chi connectivity index (χ1) is 14.0. The third-order valence-electron chi connectivity index (χ3n) is 6.39. The summed E-state index contributed by atoms with van der Waals surface area (Å²) in [5.74, 6) is 0.725. The Labute approximate surface area is 189 Å². The number of hydrogen-bond donors (Lipinski definition) is 0. The molecular weight excluding hydrogens is 424 g/mol. The number of benzene rings is 2. The SMILES string of the molecule is CC1Oc2ccc(Cl)cc2COC12CCN(CCCCc1ccc(F)cc1)CC2.Cl. The molecule has 164 valence electrons. The number of fused-ring (bicyclic) bond motifs is 1. The number of unbranched alkanes of at least 4 members (excludes halogenated alkanes) is 1. The van der Waals surface area contributed by atoms with Crippen LogP contribution >= 0.6 is 24.0 Å². The summed E-state index contributed by atoms with van der Waals surface area (Å²) in [6.45, 7) is 5.84. The summed E-state index contributed by atoms with van der Waals surface area (Å²) in [7, 11) is 0. The van der Waals surface area contributed by atoms with E-state index in [0.717, 1.165) is 68.1 Å². The lowest BCUT2D eigenvalue weighted by Crippen LogP contribution is -2.53. The molecule has 0 aliphatic carbocycles. The van der Waals surface area contributed by atoms with Crippen molar-refractivity contribution in [1.29, 1.82) is 0 Å². The first kappa shape index (κ1) is 23.3. The van der Waals surface area contributed by atoms with Gasteiger partial charge < -0.3 is 14.4 Å². The van der Waals surface area contributed by atoms with Gasteiger partial charge in [-0.25, -0.2) is 4.39 Å². The number of hydrogen-bond acceptors (Lipinski definition) is 3. The van der Waals surface area contributed by atoms with Crippen molar-refractivity contribution in [1.82, 2.24) is 4.90 Å². The molecular formula is C24H30Cl2FNO2. The number of halogens is 3. The minimum atomic E-state index is -0.226. The van der Waals surface area contributed by atoms with Gasteiger partial charge in [0, 0.05) is 23.7 Å². The lowest BCUT2D eigenvalue weighted by atomic mass is 9.86. The fraction of sp³-hybridized carbons (Fsp3) is 0.500. The standard InChI is InChI=1S/C24H29ClFNO2.ClH/c1-18-24(28-17-20-16-21(25)7-10-23(20)29-18)11-14-27(15-12-24)13-3-2-4-19-5-8-22(26)9-6-19;/h5-10,16,18H,2-4,11-15,17H2,1H3;1H. The van der Waals surface area contributed by atoms with Crippen molar-refractivity contribution >= 4 is 24.0 Å². The van der Waals surface area contributed by atoms with E-state index in [9.17, 15) is 4.39 Å². The normalized spacial score (nSPS) is 20.7. The zero-order valence-electron chi connectivity index (χ0n) is 17.4. The lowest BCUT2D eigenvalue weighted by Gasteiger charge is -2.43. The maximum Gasteiger partial charge on any atom is 0.125 e. The Morgan fingerprint density at radius 2 is 1.83 bits per heavy atom. The summed E-state index contributed by atoms with van der Waals surface area (Å²) in [5, 5.41) is 0.718. The highest BCUT2D eigenvalue weighted by Gasteiger charge is 2.43. The number of rotatable bonds is 5. The summed E-state index contributed by atoms with van der Waals surface area (Å²) in [6, 6.07) is 12.6. The summed E-state index contributed by atoms with van der Waals surface area (Å²) < 4.78 is 25.7. The molecule has 1 spiro atoms. The van der Waals surface area contributed by atoms with Gasteiger partial charge in [0.1, 0.15) is 23.3 Å². The topological polar surface area (TPSA) is 21.7 Å². The van der Waals surface area contributed by atoms with Crippen LogP contribution in [0.4, 0.5) is 4.39 Å². The average molecular weight is 454 g/mol. The Kier molecular flexibility index (Phi) is 8.03. The Morgan fingerprint density at radius 3 is 2.57 bits per heavy atom. The van der Waals surface area contributed by atoms with E-state index in [1.165, 1.54) is 5.56 Å². The predicted molar refractivity (Wildman–Crippen MR) is 121 cm³/mol. The van der Waals surface area contributed by atoms with E-state index >= 15 is 0 Å². The van der Waals surface area contributed by atoms with Gasteiger partial charge in [-0.2, -0.15) is 0 Å². The fourth-order valence-corrected chi connectivity index (χ4v) is 4.63. The van der Waals surface area contributed by atoms with Gasteiger partial charge >= 0.3 is 0 Å². The van der Waals surface area contributed by atoms with E-state index in [0.29, 0.717) is 6.61 Å². The van der Waals surface area contributed by atoms with E-state index < -0.39 is 0 Å². The molecule has 2 aliphatic heterocycles. The number of aryl methyl sites for hydroxylation is 1. The van der Waals surface area contributed by atoms with Gasteiger partial charge in [-0.05, 0) is 81.5 Å². The van der Waals surface area contributed by atoms with Crippen molar-refractivity contribution in [2.45, 2.75) is 57.3 Å². The molecule has 0 N–H and O–H groups in total. The molecule has 2 heterocycles. The first-order valence-electron chi connectivity index (χ1n) is 10.6. The molecule has 30 heavy (non-hydrogen) atoms. The van der Waals surface area contributed by atoms with Crippen LogP contribution in [0, 0.1) is 5.82 Å². The van der Waals surface area contributed by atoms with Gasteiger partial charge in [0.25, 0.3) is 0 Å². The van der Waals surface area contributed by atoms with Crippen molar-refractivity contribution in [3.63, 3.8) is 0 Å². The predicted octanol–water partition coefficient (Wildman–Crippen LogP) is 6.06. The smallest absolute Gasteiger partial charge is 0.125 e. The Balaban J connectivity index is 0.00000256. The third kappa shape index (κ3) is 5.47. The summed E-state index contributed by atoms with van der Waals surface area (Å²) >= 11 is 6.13. The Hall–Kier alpha value is -1.33. The monoisotopic (exact) mass is 453 g/mol. The molecule has 6 heteroatoms. The van der Waals surface area contributed by atoms with Crippen LogP contribution in [0.3, 0.4) is 0 Å². The molecule has 1 unspecified atom stereocenters. The minimum absolute atomic E-state index is 0. The largest absolute Gasteiger partial charge is 0.487 e. The second kappa shape index (κ2) is 10.3. The zero-order chi connectivity index (χ0) is 20.3.